The maximum absolute atomic E-state index is 6.77. The second kappa shape index (κ2) is 12.1. The molecule has 0 radical (unpaired) electrons. The first-order chi connectivity index (χ1) is 26.0. The molecule has 5 heteroatoms. The van der Waals surface area contributed by atoms with Gasteiger partial charge in [0.25, 0.3) is 0 Å². The van der Waals surface area contributed by atoms with Crippen molar-refractivity contribution in [3.05, 3.63) is 175 Å². The molecule has 0 saturated heterocycles. The molecular formula is C48H33N3O2. The van der Waals surface area contributed by atoms with Gasteiger partial charge in [0, 0.05) is 33.2 Å². The van der Waals surface area contributed by atoms with E-state index in [1.807, 2.05) is 91.0 Å². The van der Waals surface area contributed by atoms with E-state index in [4.69, 9.17) is 24.4 Å². The Morgan fingerprint density at radius 2 is 0.925 bits per heavy atom. The van der Waals surface area contributed by atoms with Gasteiger partial charge in [-0.2, -0.15) is 0 Å². The molecule has 1 aromatic heterocycles. The predicted molar refractivity (Wildman–Crippen MR) is 211 cm³/mol. The van der Waals surface area contributed by atoms with Crippen LogP contribution in [0.4, 0.5) is 0 Å². The van der Waals surface area contributed by atoms with Gasteiger partial charge in [-0.25, -0.2) is 15.0 Å². The van der Waals surface area contributed by atoms with E-state index in [1.165, 1.54) is 16.7 Å². The van der Waals surface area contributed by atoms with E-state index in [1.54, 1.807) is 0 Å². The highest BCUT2D eigenvalue weighted by atomic mass is 16.6. The molecule has 2 heterocycles. The third-order valence-corrected chi connectivity index (χ3v) is 10.4. The summed E-state index contributed by atoms with van der Waals surface area (Å²) in [7, 11) is 0. The van der Waals surface area contributed by atoms with Gasteiger partial charge in [-0.3, -0.25) is 0 Å². The quantitative estimate of drug-likeness (QED) is 0.181. The van der Waals surface area contributed by atoms with Crippen molar-refractivity contribution >= 4 is 0 Å². The second-order valence-electron chi connectivity index (χ2n) is 14.0. The highest BCUT2D eigenvalue weighted by molar-refractivity contribution is 5.89. The van der Waals surface area contributed by atoms with Crippen LogP contribution < -0.4 is 9.47 Å². The van der Waals surface area contributed by atoms with E-state index >= 15 is 0 Å². The van der Waals surface area contributed by atoms with Crippen LogP contribution in [-0.2, 0) is 5.41 Å². The van der Waals surface area contributed by atoms with Gasteiger partial charge in [-0.1, -0.05) is 159 Å². The van der Waals surface area contributed by atoms with Gasteiger partial charge in [0.15, 0.2) is 40.5 Å². The number of hydrogen-bond acceptors (Lipinski definition) is 5. The van der Waals surface area contributed by atoms with Crippen LogP contribution in [0.15, 0.2) is 164 Å². The zero-order valence-corrected chi connectivity index (χ0v) is 29.2. The fourth-order valence-electron chi connectivity index (χ4n) is 7.79. The third kappa shape index (κ3) is 5.12. The Labute approximate surface area is 308 Å². The van der Waals surface area contributed by atoms with Crippen LogP contribution in [-0.4, -0.2) is 15.0 Å². The maximum atomic E-state index is 6.77. The van der Waals surface area contributed by atoms with Crippen molar-refractivity contribution in [3.63, 3.8) is 0 Å². The molecule has 8 aromatic rings. The Morgan fingerprint density at radius 1 is 0.377 bits per heavy atom. The lowest BCUT2D eigenvalue weighted by atomic mass is 9.82. The normalized spacial score (nSPS) is 13.2. The number of ether oxygens (including phenoxy) is 2. The van der Waals surface area contributed by atoms with Gasteiger partial charge >= 0.3 is 0 Å². The lowest BCUT2D eigenvalue weighted by molar-refractivity contribution is 0.361. The molecule has 2 aliphatic rings. The van der Waals surface area contributed by atoms with Gasteiger partial charge in [-0.05, 0) is 51.6 Å². The highest BCUT2D eigenvalue weighted by Crippen LogP contribution is 2.59. The minimum absolute atomic E-state index is 0.133. The maximum Gasteiger partial charge on any atom is 0.178 e. The minimum atomic E-state index is -0.133. The first-order valence-electron chi connectivity index (χ1n) is 17.9. The van der Waals surface area contributed by atoms with Crippen molar-refractivity contribution in [2.24, 2.45) is 0 Å². The average Bonchev–Trinajstić information content (AvgIpc) is 3.46. The number of aromatic nitrogens is 3. The van der Waals surface area contributed by atoms with Crippen LogP contribution in [0.5, 0.6) is 23.0 Å². The first-order valence-corrected chi connectivity index (χ1v) is 17.9. The number of benzene rings is 7. The van der Waals surface area contributed by atoms with Gasteiger partial charge in [0.1, 0.15) is 0 Å². The zero-order chi connectivity index (χ0) is 35.5. The molecule has 10 rings (SSSR count). The van der Waals surface area contributed by atoms with Crippen LogP contribution in [0.1, 0.15) is 25.0 Å². The molecule has 1 aliphatic carbocycles. The Hall–Kier alpha value is -6.85. The van der Waals surface area contributed by atoms with E-state index in [2.05, 4.69) is 86.6 Å². The van der Waals surface area contributed by atoms with Gasteiger partial charge in [0.05, 0.1) is 0 Å². The highest BCUT2D eigenvalue weighted by Gasteiger charge is 2.39. The molecule has 252 valence electrons. The SMILES string of the molecule is CC1(C)c2ccccc2-c2c1ccc1c2Oc2cccc(-c3cccc(-c4nc(-c5ccccc5)nc(-c5ccccc5-c5ccccc5)n4)c3)c2O1. The average molecular weight is 684 g/mol. The molecule has 0 atom stereocenters. The lowest BCUT2D eigenvalue weighted by Gasteiger charge is -2.26. The molecule has 0 N–H and O–H groups in total. The van der Waals surface area contributed by atoms with E-state index < -0.39 is 0 Å². The van der Waals surface area contributed by atoms with Crippen molar-refractivity contribution in [2.75, 3.05) is 0 Å². The summed E-state index contributed by atoms with van der Waals surface area (Å²) in [6.45, 7) is 4.54. The number of rotatable bonds is 5. The second-order valence-corrected chi connectivity index (χ2v) is 14.0. The molecule has 5 nitrogen and oxygen atoms in total. The lowest BCUT2D eigenvalue weighted by Crippen LogP contribution is -2.15. The number of hydrogen-bond donors (Lipinski definition) is 0. The molecule has 0 unspecified atom stereocenters. The molecule has 0 spiro atoms. The van der Waals surface area contributed by atoms with Crippen LogP contribution >= 0.6 is 0 Å². The fraction of sp³-hybridized carbons (Fsp3) is 0.0625. The van der Waals surface area contributed by atoms with Gasteiger partial charge < -0.3 is 9.47 Å². The molecule has 0 saturated carbocycles. The van der Waals surface area contributed by atoms with Gasteiger partial charge in [0.2, 0.25) is 0 Å². The van der Waals surface area contributed by atoms with E-state index in [-0.39, 0.29) is 5.41 Å². The Bertz CT molecular complexity index is 2700. The number of nitrogens with zero attached hydrogens (tertiary/aromatic N) is 3. The molecular weight excluding hydrogens is 651 g/mol. The fourth-order valence-corrected chi connectivity index (χ4v) is 7.79. The summed E-state index contributed by atoms with van der Waals surface area (Å²) in [5.41, 5.74) is 11.5. The predicted octanol–water partition coefficient (Wildman–Crippen LogP) is 12.4. The monoisotopic (exact) mass is 683 g/mol. The number of fused-ring (bicyclic) bond motifs is 6. The molecule has 1 aliphatic heterocycles. The van der Waals surface area contributed by atoms with Crippen molar-refractivity contribution in [1.29, 1.82) is 0 Å². The zero-order valence-electron chi connectivity index (χ0n) is 29.2. The van der Waals surface area contributed by atoms with E-state index in [9.17, 15) is 0 Å². The summed E-state index contributed by atoms with van der Waals surface area (Å²) in [6, 6.07) is 55.9. The molecule has 0 amide bonds. The number of para-hydroxylation sites is 1. The van der Waals surface area contributed by atoms with Crippen LogP contribution in [0.25, 0.3) is 67.5 Å². The van der Waals surface area contributed by atoms with Crippen molar-refractivity contribution in [2.45, 2.75) is 19.3 Å². The van der Waals surface area contributed by atoms with E-state index in [0.29, 0.717) is 34.7 Å². The van der Waals surface area contributed by atoms with Crippen LogP contribution in [0.3, 0.4) is 0 Å². The Morgan fingerprint density at radius 3 is 1.72 bits per heavy atom. The smallest absolute Gasteiger partial charge is 0.178 e. The van der Waals surface area contributed by atoms with Crippen molar-refractivity contribution in [3.8, 4) is 90.5 Å². The minimum Gasteiger partial charge on any atom is -0.449 e. The molecule has 53 heavy (non-hydrogen) atoms. The van der Waals surface area contributed by atoms with Crippen molar-refractivity contribution < 1.29 is 9.47 Å². The third-order valence-electron chi connectivity index (χ3n) is 10.4. The summed E-state index contributed by atoms with van der Waals surface area (Å²) >= 11 is 0. The standard InChI is InChI=1S/C48H33N3O2/c1-48(2)38-25-12-11-23-37(38)42-39(48)27-28-41-44(42)53-40-26-14-24-35(43(40)52-41)32-19-13-20-33(29-32)46-49-45(31-17-7-4-8-18-31)50-47(51-46)36-22-10-9-21-34(36)30-15-5-3-6-16-30/h3-29H,1-2H3. The summed E-state index contributed by atoms with van der Waals surface area (Å²) < 4.78 is 13.5. The van der Waals surface area contributed by atoms with E-state index in [0.717, 1.165) is 50.3 Å². The molecule has 0 fully saturated rings. The summed E-state index contributed by atoms with van der Waals surface area (Å²) in [5, 5.41) is 0. The molecule has 0 bridgehead atoms. The Balaban J connectivity index is 1.07. The Kier molecular flexibility index (Phi) is 7.08. The topological polar surface area (TPSA) is 57.1 Å². The van der Waals surface area contributed by atoms with Crippen LogP contribution in [0.2, 0.25) is 0 Å². The first kappa shape index (κ1) is 30.9. The summed E-state index contributed by atoms with van der Waals surface area (Å²) in [4.78, 5) is 15.2. The largest absolute Gasteiger partial charge is 0.449 e. The summed E-state index contributed by atoms with van der Waals surface area (Å²) in [6.07, 6.45) is 0. The van der Waals surface area contributed by atoms with Crippen molar-refractivity contribution in [1.82, 2.24) is 15.0 Å². The molecule has 7 aromatic carbocycles. The van der Waals surface area contributed by atoms with Gasteiger partial charge in [-0.15, -0.1) is 0 Å². The summed E-state index contributed by atoms with van der Waals surface area (Å²) in [5.74, 6) is 4.65. The van der Waals surface area contributed by atoms with Crippen LogP contribution in [0, 0.1) is 0 Å².